The zero-order valence-electron chi connectivity index (χ0n) is 21.2. The van der Waals surface area contributed by atoms with Gasteiger partial charge in [0.1, 0.15) is 18.3 Å². The molecule has 1 saturated carbocycles. The Labute approximate surface area is 218 Å². The van der Waals surface area contributed by atoms with Crippen molar-refractivity contribution in [1.82, 2.24) is 10.2 Å². The lowest BCUT2D eigenvalue weighted by Crippen LogP contribution is -2.52. The molecule has 0 unspecified atom stereocenters. The van der Waals surface area contributed by atoms with Gasteiger partial charge in [0.2, 0.25) is 21.8 Å². The number of methoxy groups -OCH3 is 1. The van der Waals surface area contributed by atoms with Crippen LogP contribution < -0.4 is 14.4 Å². The minimum atomic E-state index is -3.82. The maximum atomic E-state index is 13.7. The van der Waals surface area contributed by atoms with E-state index in [0.717, 1.165) is 41.8 Å². The SMILES string of the molecule is COc1ccc(CN(C(=O)CN(c2cccc(Cl)c2C)S(C)(=O)=O)[C@@H](C)C(=O)NC2CCCC2)cc1. The predicted molar refractivity (Wildman–Crippen MR) is 142 cm³/mol. The van der Waals surface area contributed by atoms with E-state index >= 15 is 0 Å². The molecule has 10 heteroatoms. The van der Waals surface area contributed by atoms with Crippen molar-refractivity contribution in [3.8, 4) is 5.75 Å². The number of carbonyl (C=O) groups excluding carboxylic acids is 2. The second-order valence-corrected chi connectivity index (χ2v) is 11.5. The second kappa shape index (κ2) is 12.0. The Hall–Kier alpha value is -2.78. The number of halogens is 1. The molecule has 1 aliphatic rings. The van der Waals surface area contributed by atoms with Crippen LogP contribution in [0.3, 0.4) is 0 Å². The van der Waals surface area contributed by atoms with E-state index in [9.17, 15) is 18.0 Å². The molecule has 0 aromatic heterocycles. The van der Waals surface area contributed by atoms with E-state index in [4.69, 9.17) is 16.3 Å². The number of amides is 2. The van der Waals surface area contributed by atoms with Crippen molar-refractivity contribution in [3.05, 3.63) is 58.6 Å². The summed E-state index contributed by atoms with van der Waals surface area (Å²) in [5.41, 5.74) is 1.66. The maximum Gasteiger partial charge on any atom is 0.244 e. The van der Waals surface area contributed by atoms with Crippen LogP contribution in [0, 0.1) is 6.92 Å². The first-order chi connectivity index (χ1) is 17.0. The van der Waals surface area contributed by atoms with Gasteiger partial charge in [-0.1, -0.05) is 42.6 Å². The minimum Gasteiger partial charge on any atom is -0.497 e. The van der Waals surface area contributed by atoms with Crippen LogP contribution in [0.1, 0.15) is 43.7 Å². The molecular weight excluding hydrogens is 502 g/mol. The van der Waals surface area contributed by atoms with Crippen molar-refractivity contribution in [2.45, 2.75) is 58.2 Å². The smallest absolute Gasteiger partial charge is 0.244 e. The highest BCUT2D eigenvalue weighted by Crippen LogP contribution is 2.28. The summed E-state index contributed by atoms with van der Waals surface area (Å²) in [6, 6.07) is 11.4. The third kappa shape index (κ3) is 6.91. The molecule has 0 spiro atoms. The normalized spacial score (nSPS) is 14.8. The number of carbonyl (C=O) groups is 2. The molecule has 2 aromatic rings. The fourth-order valence-electron chi connectivity index (χ4n) is 4.36. The predicted octanol–water partition coefficient (Wildman–Crippen LogP) is 3.90. The first-order valence-corrected chi connectivity index (χ1v) is 14.2. The number of nitrogens with zero attached hydrogens (tertiary/aromatic N) is 2. The van der Waals surface area contributed by atoms with Gasteiger partial charge in [0, 0.05) is 17.6 Å². The van der Waals surface area contributed by atoms with Crippen LogP contribution in [-0.4, -0.2) is 57.1 Å². The highest BCUT2D eigenvalue weighted by atomic mass is 35.5. The lowest BCUT2D eigenvalue weighted by molar-refractivity contribution is -0.139. The molecule has 0 radical (unpaired) electrons. The number of hydrogen-bond acceptors (Lipinski definition) is 5. The number of anilines is 1. The van der Waals surface area contributed by atoms with Crippen LogP contribution in [0.5, 0.6) is 5.75 Å². The lowest BCUT2D eigenvalue weighted by atomic mass is 10.1. The largest absolute Gasteiger partial charge is 0.497 e. The van der Waals surface area contributed by atoms with Crippen molar-refractivity contribution in [1.29, 1.82) is 0 Å². The van der Waals surface area contributed by atoms with Gasteiger partial charge in [0.25, 0.3) is 0 Å². The van der Waals surface area contributed by atoms with E-state index < -0.39 is 28.5 Å². The van der Waals surface area contributed by atoms with Gasteiger partial charge in [0.15, 0.2) is 0 Å². The Balaban J connectivity index is 1.90. The van der Waals surface area contributed by atoms with Gasteiger partial charge in [-0.2, -0.15) is 0 Å². The molecular formula is C26H34ClN3O5S. The summed E-state index contributed by atoms with van der Waals surface area (Å²) in [6.07, 6.45) is 5.01. The molecule has 196 valence electrons. The summed E-state index contributed by atoms with van der Waals surface area (Å²) in [5, 5.41) is 3.44. The molecule has 0 heterocycles. The van der Waals surface area contributed by atoms with Gasteiger partial charge in [-0.05, 0) is 62.1 Å². The highest BCUT2D eigenvalue weighted by molar-refractivity contribution is 7.92. The van der Waals surface area contributed by atoms with Crippen LogP contribution >= 0.6 is 11.6 Å². The van der Waals surface area contributed by atoms with E-state index in [-0.39, 0.29) is 18.5 Å². The van der Waals surface area contributed by atoms with Gasteiger partial charge in [-0.25, -0.2) is 8.42 Å². The summed E-state index contributed by atoms with van der Waals surface area (Å²) in [5.74, 6) is -0.0818. The Morgan fingerprint density at radius 2 is 1.78 bits per heavy atom. The third-order valence-electron chi connectivity index (χ3n) is 6.57. The number of ether oxygens (including phenoxy) is 1. The first kappa shape index (κ1) is 27.8. The van der Waals surface area contributed by atoms with Gasteiger partial charge in [-0.15, -0.1) is 0 Å². The number of benzene rings is 2. The van der Waals surface area contributed by atoms with Crippen molar-refractivity contribution in [2.24, 2.45) is 0 Å². The van der Waals surface area contributed by atoms with Crippen molar-refractivity contribution < 1.29 is 22.7 Å². The molecule has 1 aliphatic carbocycles. The number of nitrogens with one attached hydrogen (secondary N) is 1. The molecule has 8 nitrogen and oxygen atoms in total. The molecule has 1 N–H and O–H groups in total. The topological polar surface area (TPSA) is 96.0 Å². The summed E-state index contributed by atoms with van der Waals surface area (Å²) >= 11 is 6.23. The second-order valence-electron chi connectivity index (χ2n) is 9.19. The Kier molecular flexibility index (Phi) is 9.24. The average molecular weight is 536 g/mol. The van der Waals surface area contributed by atoms with Crippen LogP contribution in [0.25, 0.3) is 0 Å². The Morgan fingerprint density at radius 3 is 2.36 bits per heavy atom. The number of rotatable bonds is 10. The lowest BCUT2D eigenvalue weighted by Gasteiger charge is -2.32. The van der Waals surface area contributed by atoms with E-state index in [0.29, 0.717) is 22.0 Å². The molecule has 0 saturated heterocycles. The summed E-state index contributed by atoms with van der Waals surface area (Å²) in [4.78, 5) is 28.2. The van der Waals surface area contributed by atoms with Gasteiger partial charge < -0.3 is 15.0 Å². The molecule has 0 aliphatic heterocycles. The summed E-state index contributed by atoms with van der Waals surface area (Å²) in [7, 11) is -2.25. The average Bonchev–Trinajstić information content (AvgIpc) is 3.35. The number of hydrogen-bond donors (Lipinski definition) is 1. The fraction of sp³-hybridized carbons (Fsp3) is 0.462. The number of sulfonamides is 1. The van der Waals surface area contributed by atoms with E-state index in [1.165, 1.54) is 4.90 Å². The highest BCUT2D eigenvalue weighted by Gasteiger charge is 2.32. The van der Waals surface area contributed by atoms with Crippen LogP contribution in [0.2, 0.25) is 5.02 Å². The molecule has 36 heavy (non-hydrogen) atoms. The van der Waals surface area contributed by atoms with Crippen LogP contribution in [-0.2, 0) is 26.2 Å². The first-order valence-electron chi connectivity index (χ1n) is 12.0. The molecule has 2 aromatic carbocycles. The van der Waals surface area contributed by atoms with E-state index in [2.05, 4.69) is 5.32 Å². The van der Waals surface area contributed by atoms with Gasteiger partial charge in [0.05, 0.1) is 19.1 Å². The van der Waals surface area contributed by atoms with E-state index in [1.807, 2.05) is 12.1 Å². The molecule has 2 amide bonds. The fourth-order valence-corrected chi connectivity index (χ4v) is 5.43. The quantitative estimate of drug-likeness (QED) is 0.498. The van der Waals surface area contributed by atoms with Crippen molar-refractivity contribution in [2.75, 3.05) is 24.2 Å². The summed E-state index contributed by atoms with van der Waals surface area (Å²) < 4.78 is 31.7. The Morgan fingerprint density at radius 1 is 1.14 bits per heavy atom. The minimum absolute atomic E-state index is 0.0968. The maximum absolute atomic E-state index is 13.7. The molecule has 0 bridgehead atoms. The van der Waals surface area contributed by atoms with Crippen molar-refractivity contribution in [3.63, 3.8) is 0 Å². The van der Waals surface area contributed by atoms with Gasteiger partial charge >= 0.3 is 0 Å². The van der Waals surface area contributed by atoms with Crippen LogP contribution in [0.4, 0.5) is 5.69 Å². The molecule has 1 atom stereocenters. The van der Waals surface area contributed by atoms with E-state index in [1.54, 1.807) is 51.3 Å². The third-order valence-corrected chi connectivity index (χ3v) is 8.10. The van der Waals surface area contributed by atoms with Crippen LogP contribution in [0.15, 0.2) is 42.5 Å². The zero-order chi connectivity index (χ0) is 26.5. The zero-order valence-corrected chi connectivity index (χ0v) is 22.7. The molecule has 1 fully saturated rings. The molecule has 3 rings (SSSR count). The standard InChI is InChI=1S/C26H34ClN3O5S/c1-18-23(27)10-7-11-24(18)30(36(4,33)34)17-25(31)29(16-20-12-14-22(35-3)15-13-20)19(2)26(32)28-21-8-5-6-9-21/h7,10-15,19,21H,5-6,8-9,16-17H2,1-4H3,(H,28,32)/t19-/m0/s1. The monoisotopic (exact) mass is 535 g/mol. The van der Waals surface area contributed by atoms with Crippen molar-refractivity contribution >= 4 is 39.1 Å². The summed E-state index contributed by atoms with van der Waals surface area (Å²) in [6.45, 7) is 3.04. The van der Waals surface area contributed by atoms with Gasteiger partial charge in [-0.3, -0.25) is 13.9 Å². The Bertz CT molecular complexity index is 1180.